The van der Waals surface area contributed by atoms with Gasteiger partial charge in [-0.25, -0.2) is 4.39 Å². The minimum Gasteiger partial charge on any atom is -0.454 e. The summed E-state index contributed by atoms with van der Waals surface area (Å²) in [5, 5.41) is 12.0. The van der Waals surface area contributed by atoms with E-state index in [4.69, 9.17) is 21.1 Å². The van der Waals surface area contributed by atoms with Crippen molar-refractivity contribution in [2.75, 3.05) is 17.9 Å². The van der Waals surface area contributed by atoms with Crippen LogP contribution in [-0.4, -0.2) is 33.2 Å². The van der Waals surface area contributed by atoms with Crippen molar-refractivity contribution in [1.82, 2.24) is 14.8 Å². The van der Waals surface area contributed by atoms with E-state index < -0.39 is 5.82 Å². The van der Waals surface area contributed by atoms with E-state index >= 15 is 0 Å². The lowest BCUT2D eigenvalue weighted by molar-refractivity contribution is -0.113. The number of nitrogens with one attached hydrogen (secondary N) is 1. The first kappa shape index (κ1) is 21.3. The van der Waals surface area contributed by atoms with Crippen LogP contribution in [-0.2, 0) is 4.79 Å². The molecule has 33 heavy (non-hydrogen) atoms. The Morgan fingerprint density at radius 3 is 2.70 bits per heavy atom. The third kappa shape index (κ3) is 4.50. The van der Waals surface area contributed by atoms with Crippen LogP contribution in [0.25, 0.3) is 17.1 Å². The fraction of sp³-hybridized carbons (Fsp3) is 0.0870. The lowest BCUT2D eigenvalue weighted by Crippen LogP contribution is -2.15. The van der Waals surface area contributed by atoms with E-state index in [-0.39, 0.29) is 23.5 Å². The number of ether oxygens (including phenoxy) is 2. The van der Waals surface area contributed by atoms with Gasteiger partial charge in [-0.1, -0.05) is 41.6 Å². The van der Waals surface area contributed by atoms with E-state index in [1.807, 2.05) is 53.1 Å². The van der Waals surface area contributed by atoms with Gasteiger partial charge in [-0.05, 0) is 48.5 Å². The number of carbonyl (C=O) groups excluding carboxylic acids is 1. The summed E-state index contributed by atoms with van der Waals surface area (Å²) >= 11 is 7.22. The van der Waals surface area contributed by atoms with E-state index in [0.29, 0.717) is 28.2 Å². The molecule has 166 valence electrons. The van der Waals surface area contributed by atoms with Crippen LogP contribution in [0.4, 0.5) is 10.1 Å². The van der Waals surface area contributed by atoms with E-state index in [1.54, 1.807) is 0 Å². The monoisotopic (exact) mass is 482 g/mol. The van der Waals surface area contributed by atoms with Crippen molar-refractivity contribution < 1.29 is 18.7 Å². The normalized spacial score (nSPS) is 12.1. The Hall–Kier alpha value is -3.56. The molecule has 0 atom stereocenters. The number of carbonyl (C=O) groups is 1. The molecule has 1 N–H and O–H groups in total. The Kier molecular flexibility index (Phi) is 5.89. The molecular weight excluding hydrogens is 467 g/mol. The number of hydrogen-bond acceptors (Lipinski definition) is 6. The first-order valence-corrected chi connectivity index (χ1v) is 11.2. The molecule has 2 heterocycles. The Bertz CT molecular complexity index is 1330. The third-order valence-corrected chi connectivity index (χ3v) is 6.06. The second-order valence-electron chi connectivity index (χ2n) is 7.01. The van der Waals surface area contributed by atoms with Crippen molar-refractivity contribution in [2.45, 2.75) is 5.16 Å². The van der Waals surface area contributed by atoms with Gasteiger partial charge in [0, 0.05) is 11.3 Å². The molecule has 0 spiro atoms. The molecule has 10 heteroatoms. The molecule has 1 aliphatic rings. The number of para-hydroxylation sites is 1. The quantitative estimate of drug-likeness (QED) is 0.381. The summed E-state index contributed by atoms with van der Waals surface area (Å²) < 4.78 is 26.0. The highest BCUT2D eigenvalue weighted by atomic mass is 35.5. The van der Waals surface area contributed by atoms with E-state index in [1.165, 1.54) is 23.9 Å². The molecule has 0 fully saturated rings. The second kappa shape index (κ2) is 9.13. The molecular formula is C23H16ClFN4O3S. The van der Waals surface area contributed by atoms with E-state index in [2.05, 4.69) is 15.5 Å². The van der Waals surface area contributed by atoms with E-state index in [9.17, 15) is 9.18 Å². The number of fused-ring (bicyclic) bond motifs is 1. The van der Waals surface area contributed by atoms with Crippen LogP contribution in [0.5, 0.6) is 11.5 Å². The maximum atomic E-state index is 13.2. The molecule has 1 amide bonds. The van der Waals surface area contributed by atoms with Crippen molar-refractivity contribution in [1.29, 1.82) is 0 Å². The summed E-state index contributed by atoms with van der Waals surface area (Å²) in [6.07, 6.45) is 0. The van der Waals surface area contributed by atoms with E-state index in [0.717, 1.165) is 17.3 Å². The Morgan fingerprint density at radius 2 is 1.88 bits per heavy atom. The number of halogens is 2. The Labute approximate surface area is 197 Å². The smallest absolute Gasteiger partial charge is 0.234 e. The molecule has 0 bridgehead atoms. The lowest BCUT2D eigenvalue weighted by atomic mass is 10.2. The fourth-order valence-electron chi connectivity index (χ4n) is 3.30. The molecule has 0 saturated carbocycles. The molecule has 0 aliphatic carbocycles. The molecule has 4 aromatic rings. The first-order valence-electron chi connectivity index (χ1n) is 9.87. The predicted octanol–water partition coefficient (Wildman–Crippen LogP) is 5.19. The number of benzene rings is 3. The van der Waals surface area contributed by atoms with Crippen LogP contribution in [0.3, 0.4) is 0 Å². The summed E-state index contributed by atoms with van der Waals surface area (Å²) in [5.74, 6) is 1.19. The largest absolute Gasteiger partial charge is 0.454 e. The molecule has 0 unspecified atom stereocenters. The van der Waals surface area contributed by atoms with Gasteiger partial charge in [0.2, 0.25) is 12.7 Å². The molecule has 0 saturated heterocycles. The van der Waals surface area contributed by atoms with Gasteiger partial charge in [0.15, 0.2) is 22.5 Å². The Morgan fingerprint density at radius 1 is 1.06 bits per heavy atom. The van der Waals surface area contributed by atoms with Crippen LogP contribution >= 0.6 is 23.4 Å². The van der Waals surface area contributed by atoms with Gasteiger partial charge in [0.25, 0.3) is 0 Å². The van der Waals surface area contributed by atoms with Gasteiger partial charge in [0.05, 0.1) is 16.5 Å². The lowest BCUT2D eigenvalue weighted by Gasteiger charge is -2.11. The topological polar surface area (TPSA) is 78.3 Å². The van der Waals surface area contributed by atoms with Crippen LogP contribution in [0.15, 0.2) is 71.9 Å². The highest BCUT2D eigenvalue weighted by Crippen LogP contribution is 2.37. The zero-order valence-corrected chi connectivity index (χ0v) is 18.6. The van der Waals surface area contributed by atoms with Gasteiger partial charge >= 0.3 is 0 Å². The number of anilines is 1. The molecule has 7 nitrogen and oxygen atoms in total. The summed E-state index contributed by atoms with van der Waals surface area (Å²) in [6.45, 7) is 0.179. The van der Waals surface area contributed by atoms with Crippen LogP contribution in [0.1, 0.15) is 0 Å². The predicted molar refractivity (Wildman–Crippen MR) is 124 cm³/mol. The van der Waals surface area contributed by atoms with Crippen molar-refractivity contribution in [3.8, 4) is 28.6 Å². The summed E-state index contributed by atoms with van der Waals surface area (Å²) in [4.78, 5) is 12.5. The summed E-state index contributed by atoms with van der Waals surface area (Å²) in [7, 11) is 0. The second-order valence-corrected chi connectivity index (χ2v) is 8.36. The van der Waals surface area contributed by atoms with Crippen molar-refractivity contribution in [3.63, 3.8) is 0 Å². The molecule has 5 rings (SSSR count). The average Bonchev–Trinajstić information content (AvgIpc) is 3.46. The number of thioether (sulfide) groups is 1. The zero-order chi connectivity index (χ0) is 22.8. The van der Waals surface area contributed by atoms with Gasteiger partial charge in [-0.15, -0.1) is 10.2 Å². The van der Waals surface area contributed by atoms with Gasteiger partial charge < -0.3 is 14.8 Å². The molecule has 1 aliphatic heterocycles. The van der Waals surface area contributed by atoms with Crippen LogP contribution < -0.4 is 14.8 Å². The van der Waals surface area contributed by atoms with Gasteiger partial charge in [0.1, 0.15) is 5.82 Å². The molecule has 1 aromatic heterocycles. The standard InChI is InChI=1S/C23H16ClFN4O3S/c24-17-11-15(25)7-8-18(17)26-21(30)12-33-23-28-27-22(29(23)16-4-2-1-3-5-16)14-6-9-19-20(10-14)32-13-31-19/h1-11H,12-13H2,(H,26,30). The number of hydrogen-bond donors (Lipinski definition) is 1. The number of rotatable bonds is 6. The van der Waals surface area contributed by atoms with Crippen molar-refractivity contribution >= 4 is 35.0 Å². The van der Waals surface area contributed by atoms with Crippen molar-refractivity contribution in [2.24, 2.45) is 0 Å². The van der Waals surface area contributed by atoms with Gasteiger partial charge in [-0.3, -0.25) is 9.36 Å². The fourth-order valence-corrected chi connectivity index (χ4v) is 4.27. The Balaban J connectivity index is 1.41. The zero-order valence-electron chi connectivity index (χ0n) is 17.0. The molecule has 3 aromatic carbocycles. The molecule has 0 radical (unpaired) electrons. The number of nitrogens with zero attached hydrogens (tertiary/aromatic N) is 3. The minimum atomic E-state index is -0.473. The first-order chi connectivity index (χ1) is 16.1. The maximum Gasteiger partial charge on any atom is 0.234 e. The highest BCUT2D eigenvalue weighted by Gasteiger charge is 2.20. The third-order valence-electron chi connectivity index (χ3n) is 4.82. The number of aromatic nitrogens is 3. The van der Waals surface area contributed by atoms with Crippen molar-refractivity contribution in [3.05, 3.63) is 77.6 Å². The van der Waals surface area contributed by atoms with Gasteiger partial charge in [-0.2, -0.15) is 0 Å². The average molecular weight is 483 g/mol. The number of amides is 1. The summed E-state index contributed by atoms with van der Waals surface area (Å²) in [5.41, 5.74) is 1.99. The maximum absolute atomic E-state index is 13.2. The van der Waals surface area contributed by atoms with Crippen LogP contribution in [0, 0.1) is 5.82 Å². The highest BCUT2D eigenvalue weighted by molar-refractivity contribution is 7.99. The van der Waals surface area contributed by atoms with Crippen LogP contribution in [0.2, 0.25) is 5.02 Å². The summed E-state index contributed by atoms with van der Waals surface area (Å²) in [6, 6.07) is 19.0. The minimum absolute atomic E-state index is 0.0554. The SMILES string of the molecule is O=C(CSc1nnc(-c2ccc3c(c2)OCO3)n1-c1ccccc1)Nc1ccc(F)cc1Cl.